The number of methoxy groups -OCH3 is 1. The summed E-state index contributed by atoms with van der Waals surface area (Å²) in [4.78, 5) is 33.4. The summed E-state index contributed by atoms with van der Waals surface area (Å²) in [7, 11) is 1.52. The first-order valence-electron chi connectivity index (χ1n) is 11.4. The second-order valence-corrected chi connectivity index (χ2v) is 10.6. The number of fused-ring (bicyclic) bond motifs is 2. The van der Waals surface area contributed by atoms with Gasteiger partial charge in [-0.15, -0.1) is 0 Å². The summed E-state index contributed by atoms with van der Waals surface area (Å²) in [6.07, 6.45) is 0. The third kappa shape index (κ3) is 3.82. The van der Waals surface area contributed by atoms with Crippen molar-refractivity contribution in [2.45, 2.75) is 13.0 Å². The van der Waals surface area contributed by atoms with Crippen LogP contribution in [0.5, 0.6) is 5.75 Å². The Morgan fingerprint density at radius 2 is 1.95 bits per heavy atom. The number of aliphatic hydroxyl groups is 1. The van der Waals surface area contributed by atoms with Gasteiger partial charge in [0.25, 0.3) is 5.91 Å². The number of para-hydroxylation sites is 1. The zero-order chi connectivity index (χ0) is 25.8. The first-order valence-corrected chi connectivity index (χ1v) is 13.0. The summed E-state index contributed by atoms with van der Waals surface area (Å²) in [5, 5.41) is 12.1. The number of carbonyl (C=O) groups is 2. The molecule has 2 aromatic heterocycles. The Morgan fingerprint density at radius 3 is 2.73 bits per heavy atom. The lowest BCUT2D eigenvalue weighted by Gasteiger charge is -2.24. The molecule has 184 valence electrons. The van der Waals surface area contributed by atoms with Crippen LogP contribution in [-0.4, -0.2) is 28.9 Å². The van der Waals surface area contributed by atoms with Gasteiger partial charge in [-0.25, -0.2) is 4.98 Å². The quantitative estimate of drug-likeness (QED) is 0.229. The molecule has 1 aliphatic heterocycles. The third-order valence-electron chi connectivity index (χ3n) is 6.31. The van der Waals surface area contributed by atoms with Gasteiger partial charge in [-0.2, -0.15) is 0 Å². The average Bonchev–Trinajstić information content (AvgIpc) is 3.57. The molecule has 1 aliphatic rings. The Labute approximate surface area is 223 Å². The van der Waals surface area contributed by atoms with E-state index in [1.165, 1.54) is 23.3 Å². The first-order chi connectivity index (χ1) is 17.9. The van der Waals surface area contributed by atoms with E-state index < -0.39 is 23.5 Å². The van der Waals surface area contributed by atoms with Crippen LogP contribution < -0.4 is 9.64 Å². The number of carbonyl (C=O) groups excluding carboxylic acids is 2. The molecule has 0 spiro atoms. The SMILES string of the molecule is COc1cccc2cc(C(=O)C3=C(O)C(=O)N(c4nc5ccc(C)cc5s4)C3c3cccc(Br)c3)oc12. The van der Waals surface area contributed by atoms with Gasteiger partial charge in [0.1, 0.15) is 0 Å². The highest BCUT2D eigenvalue weighted by Gasteiger charge is 2.46. The first kappa shape index (κ1) is 23.4. The largest absolute Gasteiger partial charge is 0.503 e. The Bertz CT molecular complexity index is 1770. The lowest BCUT2D eigenvalue weighted by Crippen LogP contribution is -2.30. The number of ketones is 1. The van der Waals surface area contributed by atoms with Gasteiger partial charge in [-0.05, 0) is 54.4 Å². The standard InChI is InChI=1S/C28H19BrN2O5S/c1-14-9-10-18-21(11-14)37-28(30-18)31-23(15-5-3-7-17(29)12-15)22(25(33)27(31)34)24(32)20-13-16-6-4-8-19(35-2)26(16)36-20/h3-13,23,33H,1-2H3. The minimum atomic E-state index is -0.908. The van der Waals surface area contributed by atoms with Crippen molar-refractivity contribution in [2.24, 2.45) is 0 Å². The van der Waals surface area contributed by atoms with Crippen LogP contribution in [0.2, 0.25) is 0 Å². The number of Topliss-reactive ketones (excluding diaryl/α,β-unsaturated/α-hetero) is 1. The van der Waals surface area contributed by atoms with Crippen molar-refractivity contribution >= 4 is 65.3 Å². The fourth-order valence-corrected chi connectivity index (χ4v) is 6.10. The van der Waals surface area contributed by atoms with Gasteiger partial charge in [-0.1, -0.05) is 57.6 Å². The molecule has 1 N–H and O–H groups in total. The lowest BCUT2D eigenvalue weighted by atomic mass is 9.95. The van der Waals surface area contributed by atoms with E-state index >= 15 is 0 Å². The Balaban J connectivity index is 1.52. The number of amides is 1. The number of aliphatic hydroxyl groups excluding tert-OH is 1. The van der Waals surface area contributed by atoms with E-state index in [1.807, 2.05) is 43.3 Å². The van der Waals surface area contributed by atoms with Crippen LogP contribution >= 0.6 is 27.3 Å². The minimum Gasteiger partial charge on any atom is -0.503 e. The molecule has 7 nitrogen and oxygen atoms in total. The fraction of sp³-hybridized carbons (Fsp3) is 0.107. The molecule has 3 heterocycles. The van der Waals surface area contributed by atoms with Crippen molar-refractivity contribution < 1.29 is 23.8 Å². The van der Waals surface area contributed by atoms with E-state index in [0.717, 1.165) is 20.3 Å². The van der Waals surface area contributed by atoms with Gasteiger partial charge in [0.15, 0.2) is 28.0 Å². The van der Waals surface area contributed by atoms with Crippen molar-refractivity contribution in [1.82, 2.24) is 4.98 Å². The molecular weight excluding hydrogens is 556 g/mol. The van der Waals surface area contributed by atoms with Gasteiger partial charge in [0.2, 0.25) is 5.78 Å². The highest BCUT2D eigenvalue weighted by molar-refractivity contribution is 9.10. The molecule has 37 heavy (non-hydrogen) atoms. The van der Waals surface area contributed by atoms with E-state index in [0.29, 0.717) is 27.4 Å². The van der Waals surface area contributed by atoms with Crippen LogP contribution in [0.25, 0.3) is 21.2 Å². The van der Waals surface area contributed by atoms with Crippen LogP contribution in [0, 0.1) is 6.92 Å². The number of aromatic nitrogens is 1. The molecule has 0 radical (unpaired) electrons. The van der Waals surface area contributed by atoms with E-state index in [4.69, 9.17) is 9.15 Å². The molecule has 6 rings (SSSR count). The van der Waals surface area contributed by atoms with Crippen molar-refractivity contribution in [2.75, 3.05) is 12.0 Å². The molecule has 1 atom stereocenters. The monoisotopic (exact) mass is 574 g/mol. The molecular formula is C28H19BrN2O5S. The molecule has 9 heteroatoms. The Morgan fingerprint density at radius 1 is 1.14 bits per heavy atom. The molecule has 5 aromatic rings. The zero-order valence-corrected chi connectivity index (χ0v) is 22.1. The molecule has 0 fully saturated rings. The van der Waals surface area contributed by atoms with Gasteiger partial charge in [0, 0.05) is 9.86 Å². The summed E-state index contributed by atoms with van der Waals surface area (Å²) < 4.78 is 12.9. The molecule has 0 saturated heterocycles. The van der Waals surface area contributed by atoms with Crippen LogP contribution in [-0.2, 0) is 4.79 Å². The second kappa shape index (κ2) is 8.86. The molecule has 0 aliphatic carbocycles. The number of ether oxygens (including phenoxy) is 1. The van der Waals surface area contributed by atoms with Crippen molar-refractivity contribution in [1.29, 1.82) is 0 Å². The van der Waals surface area contributed by atoms with Crippen LogP contribution in [0.1, 0.15) is 27.7 Å². The Kier molecular flexibility index (Phi) is 5.62. The lowest BCUT2D eigenvalue weighted by molar-refractivity contribution is -0.117. The number of halogens is 1. The van der Waals surface area contributed by atoms with Crippen LogP contribution in [0.3, 0.4) is 0 Å². The zero-order valence-electron chi connectivity index (χ0n) is 19.7. The number of furan rings is 1. The third-order valence-corrected chi connectivity index (χ3v) is 7.82. The number of hydrogen-bond donors (Lipinski definition) is 1. The molecule has 1 unspecified atom stereocenters. The topological polar surface area (TPSA) is 92.9 Å². The number of anilines is 1. The van der Waals surface area contributed by atoms with Crippen molar-refractivity contribution in [3.63, 3.8) is 0 Å². The number of rotatable bonds is 5. The molecule has 0 saturated carbocycles. The summed E-state index contributed by atoms with van der Waals surface area (Å²) in [6.45, 7) is 1.98. The minimum absolute atomic E-state index is 0.00405. The highest BCUT2D eigenvalue weighted by atomic mass is 79.9. The maximum atomic E-state index is 13.9. The van der Waals surface area contributed by atoms with E-state index in [2.05, 4.69) is 20.9 Å². The maximum Gasteiger partial charge on any atom is 0.296 e. The summed E-state index contributed by atoms with van der Waals surface area (Å²) in [5.41, 5.74) is 2.78. The normalized spacial score (nSPS) is 15.8. The maximum absolute atomic E-state index is 13.9. The number of nitrogens with zero attached hydrogens (tertiary/aromatic N) is 2. The molecule has 0 bridgehead atoms. The summed E-state index contributed by atoms with van der Waals surface area (Å²) in [6, 6.07) is 19.1. The predicted octanol–water partition coefficient (Wildman–Crippen LogP) is 6.90. The average molecular weight is 575 g/mol. The number of aryl methyl sites for hydroxylation is 1. The van der Waals surface area contributed by atoms with Crippen molar-refractivity contribution in [3.05, 3.63) is 99.4 Å². The van der Waals surface area contributed by atoms with E-state index in [1.54, 1.807) is 30.3 Å². The second-order valence-electron chi connectivity index (χ2n) is 8.68. The Hall–Kier alpha value is -3.95. The fourth-order valence-electron chi connectivity index (χ4n) is 4.59. The number of benzene rings is 3. The van der Waals surface area contributed by atoms with Crippen LogP contribution in [0.4, 0.5) is 5.13 Å². The summed E-state index contributed by atoms with van der Waals surface area (Å²) in [5.74, 6) is -1.44. The van der Waals surface area contributed by atoms with Gasteiger partial charge in [0.05, 0.1) is 28.9 Å². The van der Waals surface area contributed by atoms with Gasteiger partial charge in [-0.3, -0.25) is 14.5 Å². The van der Waals surface area contributed by atoms with Crippen LogP contribution in [0.15, 0.2) is 87.0 Å². The molecule has 3 aromatic carbocycles. The van der Waals surface area contributed by atoms with Gasteiger partial charge < -0.3 is 14.3 Å². The number of hydrogen-bond acceptors (Lipinski definition) is 7. The smallest absolute Gasteiger partial charge is 0.296 e. The summed E-state index contributed by atoms with van der Waals surface area (Å²) >= 11 is 4.81. The predicted molar refractivity (Wildman–Crippen MR) is 145 cm³/mol. The van der Waals surface area contributed by atoms with Crippen molar-refractivity contribution in [3.8, 4) is 5.75 Å². The van der Waals surface area contributed by atoms with Gasteiger partial charge >= 0.3 is 0 Å². The van der Waals surface area contributed by atoms with E-state index in [-0.39, 0.29) is 11.3 Å². The highest BCUT2D eigenvalue weighted by Crippen LogP contribution is 2.45. The van der Waals surface area contributed by atoms with E-state index in [9.17, 15) is 14.7 Å². The molecule has 1 amide bonds. The number of thiazole rings is 1.